The molecule has 0 saturated heterocycles. The van der Waals surface area contributed by atoms with E-state index in [1.165, 1.54) is 16.2 Å². The zero-order valence-electron chi connectivity index (χ0n) is 12.0. The maximum atomic E-state index is 12.0. The zero-order valence-corrected chi connectivity index (χ0v) is 12.8. The second-order valence-electron chi connectivity index (χ2n) is 4.71. The van der Waals surface area contributed by atoms with E-state index in [0.29, 0.717) is 10.4 Å². The number of carbonyl (C=O) groups is 2. The van der Waals surface area contributed by atoms with Crippen LogP contribution in [0.15, 0.2) is 30.3 Å². The number of thiophene rings is 1. The van der Waals surface area contributed by atoms with E-state index in [4.69, 9.17) is 10.5 Å². The predicted molar refractivity (Wildman–Crippen MR) is 82.5 cm³/mol. The molecule has 21 heavy (non-hydrogen) atoms. The molecule has 0 bridgehead atoms. The minimum absolute atomic E-state index is 0.177. The van der Waals surface area contributed by atoms with Gasteiger partial charge in [0.25, 0.3) is 0 Å². The number of primary amides is 1. The fourth-order valence-corrected chi connectivity index (χ4v) is 2.96. The van der Waals surface area contributed by atoms with Crippen molar-refractivity contribution in [3.05, 3.63) is 56.8 Å². The number of benzene rings is 1. The molecule has 1 aromatic heterocycles. The Labute approximate surface area is 127 Å². The van der Waals surface area contributed by atoms with E-state index >= 15 is 0 Å². The van der Waals surface area contributed by atoms with E-state index in [2.05, 4.69) is 6.92 Å². The summed E-state index contributed by atoms with van der Waals surface area (Å²) in [4.78, 5) is 24.8. The number of ether oxygens (including phenoxy) is 1. The van der Waals surface area contributed by atoms with Crippen LogP contribution in [0.5, 0.6) is 0 Å². The van der Waals surface area contributed by atoms with E-state index < -0.39 is 5.91 Å². The topological polar surface area (TPSA) is 69.4 Å². The first-order valence-electron chi connectivity index (χ1n) is 6.66. The third-order valence-corrected chi connectivity index (χ3v) is 4.51. The number of aryl methyl sites for hydroxylation is 2. The molecule has 1 heterocycles. The van der Waals surface area contributed by atoms with Gasteiger partial charge in [0.15, 0.2) is 0 Å². The summed E-state index contributed by atoms with van der Waals surface area (Å²) in [7, 11) is 0. The highest BCUT2D eigenvalue weighted by Crippen LogP contribution is 2.23. The van der Waals surface area contributed by atoms with Crippen LogP contribution in [0.4, 0.5) is 0 Å². The lowest BCUT2D eigenvalue weighted by atomic mass is 10.1. The number of rotatable bonds is 5. The quantitative estimate of drug-likeness (QED) is 0.863. The zero-order chi connectivity index (χ0) is 15.4. The van der Waals surface area contributed by atoms with Crippen LogP contribution in [0.1, 0.15) is 43.0 Å². The van der Waals surface area contributed by atoms with Gasteiger partial charge in [0.2, 0.25) is 5.91 Å². The molecule has 0 unspecified atom stereocenters. The molecular weight excluding hydrogens is 286 g/mol. The fourth-order valence-electron chi connectivity index (χ4n) is 1.96. The van der Waals surface area contributed by atoms with Crippen LogP contribution >= 0.6 is 11.3 Å². The smallest absolute Gasteiger partial charge is 0.348 e. The fraction of sp³-hybridized carbons (Fsp3) is 0.250. The monoisotopic (exact) mass is 303 g/mol. The molecule has 0 aliphatic carbocycles. The Hall–Kier alpha value is -2.14. The lowest BCUT2D eigenvalue weighted by Gasteiger charge is -2.04. The Morgan fingerprint density at radius 2 is 1.90 bits per heavy atom. The van der Waals surface area contributed by atoms with E-state index in [1.54, 1.807) is 24.3 Å². The van der Waals surface area contributed by atoms with E-state index in [1.807, 2.05) is 13.0 Å². The van der Waals surface area contributed by atoms with Crippen LogP contribution in [-0.4, -0.2) is 11.9 Å². The Kier molecular flexibility index (Phi) is 4.75. The molecule has 2 N–H and O–H groups in total. The Morgan fingerprint density at radius 1 is 1.24 bits per heavy atom. The van der Waals surface area contributed by atoms with Gasteiger partial charge in [0.05, 0.1) is 0 Å². The van der Waals surface area contributed by atoms with Gasteiger partial charge in [-0.1, -0.05) is 19.1 Å². The van der Waals surface area contributed by atoms with Crippen LogP contribution in [-0.2, 0) is 17.8 Å². The van der Waals surface area contributed by atoms with Crippen molar-refractivity contribution in [1.82, 2.24) is 0 Å². The average Bonchev–Trinajstić information content (AvgIpc) is 2.86. The van der Waals surface area contributed by atoms with Crippen molar-refractivity contribution in [2.75, 3.05) is 0 Å². The van der Waals surface area contributed by atoms with Crippen molar-refractivity contribution in [1.29, 1.82) is 0 Å². The van der Waals surface area contributed by atoms with Crippen molar-refractivity contribution in [3.8, 4) is 0 Å². The molecule has 5 heteroatoms. The van der Waals surface area contributed by atoms with E-state index in [-0.39, 0.29) is 12.6 Å². The van der Waals surface area contributed by atoms with Crippen molar-refractivity contribution in [2.24, 2.45) is 5.73 Å². The lowest BCUT2D eigenvalue weighted by Crippen LogP contribution is -2.10. The molecule has 0 radical (unpaired) electrons. The number of hydrogen-bond donors (Lipinski definition) is 1. The number of hydrogen-bond acceptors (Lipinski definition) is 4. The molecule has 0 fully saturated rings. The number of carbonyl (C=O) groups excluding carboxylic acids is 2. The highest BCUT2D eigenvalue weighted by Gasteiger charge is 2.13. The van der Waals surface area contributed by atoms with Crippen molar-refractivity contribution < 1.29 is 14.3 Å². The summed E-state index contributed by atoms with van der Waals surface area (Å²) in [5.74, 6) is -0.790. The molecule has 4 nitrogen and oxygen atoms in total. The molecule has 110 valence electrons. The van der Waals surface area contributed by atoms with Crippen molar-refractivity contribution in [2.45, 2.75) is 26.9 Å². The lowest BCUT2D eigenvalue weighted by molar-refractivity contribution is 0.0478. The van der Waals surface area contributed by atoms with Gasteiger partial charge in [0.1, 0.15) is 11.5 Å². The molecular formula is C16H17NO3S. The third-order valence-electron chi connectivity index (χ3n) is 3.15. The van der Waals surface area contributed by atoms with Gasteiger partial charge in [-0.05, 0) is 42.7 Å². The maximum absolute atomic E-state index is 12.0. The number of esters is 1. The largest absolute Gasteiger partial charge is 0.457 e. The first-order valence-corrected chi connectivity index (χ1v) is 7.48. The molecule has 2 rings (SSSR count). The first-order chi connectivity index (χ1) is 10.0. The van der Waals surface area contributed by atoms with Crippen LogP contribution in [0, 0.1) is 6.92 Å². The van der Waals surface area contributed by atoms with Crippen LogP contribution < -0.4 is 5.73 Å². The minimum atomic E-state index is -0.472. The number of amides is 1. The molecule has 1 amide bonds. The number of nitrogens with two attached hydrogens (primary N) is 1. The Balaban J connectivity index is 1.98. The van der Waals surface area contributed by atoms with Crippen molar-refractivity contribution in [3.63, 3.8) is 0 Å². The van der Waals surface area contributed by atoms with Crippen LogP contribution in [0.2, 0.25) is 0 Å². The van der Waals surface area contributed by atoms with Gasteiger partial charge >= 0.3 is 5.97 Å². The normalized spacial score (nSPS) is 10.4. The summed E-state index contributed by atoms with van der Waals surface area (Å²) < 4.78 is 5.28. The van der Waals surface area contributed by atoms with Gasteiger partial charge in [-0.3, -0.25) is 4.79 Å². The summed E-state index contributed by atoms with van der Waals surface area (Å²) in [6.45, 7) is 4.24. The van der Waals surface area contributed by atoms with Gasteiger partial charge in [-0.2, -0.15) is 0 Å². The molecule has 0 atom stereocenters. The van der Waals surface area contributed by atoms with Crippen LogP contribution in [0.3, 0.4) is 0 Å². The van der Waals surface area contributed by atoms with Gasteiger partial charge in [-0.25, -0.2) is 4.79 Å². The maximum Gasteiger partial charge on any atom is 0.348 e. The third kappa shape index (κ3) is 3.70. The molecule has 0 aliphatic rings. The van der Waals surface area contributed by atoms with Gasteiger partial charge in [-0.15, -0.1) is 11.3 Å². The summed E-state index contributed by atoms with van der Waals surface area (Å²) in [5, 5.41) is 0. The summed E-state index contributed by atoms with van der Waals surface area (Å²) in [5.41, 5.74) is 7.55. The molecule has 1 aromatic carbocycles. The average molecular weight is 303 g/mol. The van der Waals surface area contributed by atoms with E-state index in [0.717, 1.165) is 17.5 Å². The molecule has 0 spiro atoms. The van der Waals surface area contributed by atoms with Crippen molar-refractivity contribution >= 4 is 23.2 Å². The predicted octanol–water partition coefficient (Wildman–Crippen LogP) is 3.07. The second-order valence-corrected chi connectivity index (χ2v) is 5.84. The second kappa shape index (κ2) is 6.54. The van der Waals surface area contributed by atoms with E-state index in [9.17, 15) is 9.59 Å². The molecule has 2 aromatic rings. The standard InChI is InChI=1S/C16H17NO3S/c1-3-13-10(2)8-14(21-13)16(19)20-9-11-4-6-12(7-5-11)15(17)18/h4-8H,3,9H2,1-2H3,(H2,17,18). The van der Waals surface area contributed by atoms with Crippen LogP contribution in [0.25, 0.3) is 0 Å². The highest BCUT2D eigenvalue weighted by atomic mass is 32.1. The summed E-state index contributed by atoms with van der Waals surface area (Å²) in [6, 6.07) is 8.56. The van der Waals surface area contributed by atoms with Gasteiger partial charge < -0.3 is 10.5 Å². The Bertz CT molecular complexity index is 659. The molecule has 0 aliphatic heterocycles. The highest BCUT2D eigenvalue weighted by molar-refractivity contribution is 7.14. The summed E-state index contributed by atoms with van der Waals surface area (Å²) >= 11 is 1.47. The minimum Gasteiger partial charge on any atom is -0.457 e. The summed E-state index contributed by atoms with van der Waals surface area (Å²) in [6.07, 6.45) is 0.915. The SMILES string of the molecule is CCc1sc(C(=O)OCc2ccc(C(N)=O)cc2)cc1C. The first kappa shape index (κ1) is 15.3. The molecule has 0 saturated carbocycles. The Morgan fingerprint density at radius 3 is 2.43 bits per heavy atom. The van der Waals surface area contributed by atoms with Gasteiger partial charge in [0, 0.05) is 10.4 Å².